The third-order valence-corrected chi connectivity index (χ3v) is 5.46. The first kappa shape index (κ1) is 23.5. The van der Waals surface area contributed by atoms with E-state index in [1.807, 2.05) is 69.3 Å². The number of nitrogens with zero attached hydrogens (tertiary/aromatic N) is 1. The van der Waals surface area contributed by atoms with Crippen molar-refractivity contribution in [1.29, 1.82) is 0 Å². The molecule has 0 unspecified atom stereocenters. The van der Waals surface area contributed by atoms with Crippen molar-refractivity contribution in [3.63, 3.8) is 0 Å². The van der Waals surface area contributed by atoms with Crippen LogP contribution in [0.4, 0.5) is 0 Å². The maximum atomic E-state index is 13.1. The zero-order valence-electron chi connectivity index (χ0n) is 18.8. The molecule has 1 N–H and O–H groups in total. The van der Waals surface area contributed by atoms with E-state index in [9.17, 15) is 9.59 Å². The standard InChI is InChI=1S/C25H34N2O3/c1-6-19(4)26-25(29)20(5)27(16-22-11-9-8-10-18(22)3)24(28)17-30-23-14-12-21(7-2)13-15-23/h8-15,19-20H,6-7,16-17H2,1-5H3,(H,26,29)/t19-,20-/m1/s1. The Balaban J connectivity index is 2.14. The lowest BCUT2D eigenvalue weighted by Crippen LogP contribution is -2.50. The predicted molar refractivity (Wildman–Crippen MR) is 120 cm³/mol. The van der Waals surface area contributed by atoms with Crippen LogP contribution in [0.2, 0.25) is 0 Å². The second-order valence-corrected chi connectivity index (χ2v) is 7.73. The van der Waals surface area contributed by atoms with Crippen LogP contribution in [0.5, 0.6) is 5.75 Å². The van der Waals surface area contributed by atoms with E-state index in [1.54, 1.807) is 11.8 Å². The van der Waals surface area contributed by atoms with Crippen molar-refractivity contribution in [2.45, 2.75) is 66.1 Å². The Morgan fingerprint density at radius 3 is 2.30 bits per heavy atom. The number of nitrogens with one attached hydrogen (secondary N) is 1. The molecule has 0 saturated carbocycles. The summed E-state index contributed by atoms with van der Waals surface area (Å²) in [5.41, 5.74) is 3.31. The molecule has 0 saturated heterocycles. The van der Waals surface area contributed by atoms with Crippen LogP contribution in [0.3, 0.4) is 0 Å². The normalized spacial score (nSPS) is 12.7. The van der Waals surface area contributed by atoms with Gasteiger partial charge in [0.05, 0.1) is 0 Å². The molecule has 30 heavy (non-hydrogen) atoms. The molecule has 0 aliphatic heterocycles. The minimum atomic E-state index is -0.600. The average Bonchev–Trinajstić information content (AvgIpc) is 2.76. The molecule has 0 heterocycles. The van der Waals surface area contributed by atoms with Crippen LogP contribution in [-0.4, -0.2) is 35.4 Å². The highest BCUT2D eigenvalue weighted by atomic mass is 16.5. The number of carbonyl (C=O) groups excluding carboxylic acids is 2. The summed E-state index contributed by atoms with van der Waals surface area (Å²) in [6.07, 6.45) is 1.79. The van der Waals surface area contributed by atoms with Crippen LogP contribution < -0.4 is 10.1 Å². The molecule has 5 nitrogen and oxygen atoms in total. The molecule has 2 atom stereocenters. The molecule has 5 heteroatoms. The van der Waals surface area contributed by atoms with Crippen LogP contribution >= 0.6 is 0 Å². The lowest BCUT2D eigenvalue weighted by molar-refractivity contribution is -0.142. The second-order valence-electron chi connectivity index (χ2n) is 7.73. The number of ether oxygens (including phenoxy) is 1. The number of rotatable bonds is 10. The largest absolute Gasteiger partial charge is 0.484 e. The molecule has 0 spiro atoms. The molecule has 0 fully saturated rings. The van der Waals surface area contributed by atoms with Gasteiger partial charge in [-0.15, -0.1) is 0 Å². The number of carbonyl (C=O) groups is 2. The second kappa shape index (κ2) is 11.4. The number of hydrogen-bond donors (Lipinski definition) is 1. The Labute approximate surface area is 180 Å². The van der Waals surface area contributed by atoms with Crippen molar-refractivity contribution >= 4 is 11.8 Å². The van der Waals surface area contributed by atoms with Gasteiger partial charge in [-0.05, 0) is 62.4 Å². The van der Waals surface area contributed by atoms with Crippen molar-refractivity contribution in [3.8, 4) is 5.75 Å². The van der Waals surface area contributed by atoms with Gasteiger partial charge >= 0.3 is 0 Å². The van der Waals surface area contributed by atoms with E-state index < -0.39 is 6.04 Å². The first-order valence-corrected chi connectivity index (χ1v) is 10.7. The van der Waals surface area contributed by atoms with Crippen molar-refractivity contribution in [3.05, 3.63) is 65.2 Å². The predicted octanol–water partition coefficient (Wildman–Crippen LogP) is 4.27. The molecular weight excluding hydrogens is 376 g/mol. The highest BCUT2D eigenvalue weighted by Gasteiger charge is 2.27. The zero-order valence-corrected chi connectivity index (χ0v) is 18.8. The first-order chi connectivity index (χ1) is 14.3. The quantitative estimate of drug-likeness (QED) is 0.636. The molecule has 0 radical (unpaired) electrons. The number of aryl methyl sites for hydroxylation is 2. The third-order valence-electron chi connectivity index (χ3n) is 5.46. The fourth-order valence-corrected chi connectivity index (χ4v) is 3.07. The Bertz CT molecular complexity index is 833. The lowest BCUT2D eigenvalue weighted by Gasteiger charge is -2.30. The molecule has 2 rings (SSSR count). The monoisotopic (exact) mass is 410 g/mol. The Kier molecular flexibility index (Phi) is 8.90. The summed E-state index contributed by atoms with van der Waals surface area (Å²) in [5.74, 6) is 0.274. The molecule has 0 aromatic heterocycles. The van der Waals surface area contributed by atoms with Gasteiger partial charge in [0.1, 0.15) is 11.8 Å². The maximum Gasteiger partial charge on any atom is 0.261 e. The molecule has 2 amide bonds. The summed E-state index contributed by atoms with van der Waals surface area (Å²) in [4.78, 5) is 27.4. The van der Waals surface area contributed by atoms with Gasteiger partial charge < -0.3 is 15.0 Å². The summed E-state index contributed by atoms with van der Waals surface area (Å²) in [6.45, 7) is 10.1. The molecule has 0 bridgehead atoms. The van der Waals surface area contributed by atoms with Crippen LogP contribution in [0.25, 0.3) is 0 Å². The van der Waals surface area contributed by atoms with Gasteiger partial charge in [-0.25, -0.2) is 0 Å². The Morgan fingerprint density at radius 2 is 1.70 bits per heavy atom. The average molecular weight is 411 g/mol. The van der Waals surface area contributed by atoms with Crippen LogP contribution in [0, 0.1) is 6.92 Å². The number of hydrogen-bond acceptors (Lipinski definition) is 3. The minimum absolute atomic E-state index is 0.0590. The van der Waals surface area contributed by atoms with E-state index in [0.29, 0.717) is 12.3 Å². The zero-order chi connectivity index (χ0) is 22.1. The van der Waals surface area contributed by atoms with Crippen molar-refractivity contribution in [2.24, 2.45) is 0 Å². The Hall–Kier alpha value is -2.82. The summed E-state index contributed by atoms with van der Waals surface area (Å²) >= 11 is 0. The minimum Gasteiger partial charge on any atom is -0.484 e. The van der Waals surface area contributed by atoms with E-state index in [4.69, 9.17) is 4.74 Å². The smallest absolute Gasteiger partial charge is 0.261 e. The maximum absolute atomic E-state index is 13.1. The molecule has 2 aromatic carbocycles. The van der Waals surface area contributed by atoms with E-state index in [-0.39, 0.29) is 24.5 Å². The fraction of sp³-hybridized carbons (Fsp3) is 0.440. The molecule has 0 aliphatic rings. The first-order valence-electron chi connectivity index (χ1n) is 10.7. The highest BCUT2D eigenvalue weighted by molar-refractivity contribution is 5.88. The van der Waals surface area contributed by atoms with E-state index in [2.05, 4.69) is 12.2 Å². The topological polar surface area (TPSA) is 58.6 Å². The fourth-order valence-electron chi connectivity index (χ4n) is 3.07. The van der Waals surface area contributed by atoms with E-state index in [1.165, 1.54) is 5.56 Å². The van der Waals surface area contributed by atoms with Gasteiger partial charge in [0.25, 0.3) is 5.91 Å². The summed E-state index contributed by atoms with van der Waals surface area (Å²) in [5, 5.41) is 2.98. The summed E-state index contributed by atoms with van der Waals surface area (Å²) < 4.78 is 5.73. The van der Waals surface area contributed by atoms with Gasteiger partial charge in [-0.1, -0.05) is 50.2 Å². The van der Waals surface area contributed by atoms with Gasteiger partial charge in [-0.2, -0.15) is 0 Å². The Morgan fingerprint density at radius 1 is 1.03 bits per heavy atom. The lowest BCUT2D eigenvalue weighted by atomic mass is 10.1. The van der Waals surface area contributed by atoms with Crippen molar-refractivity contribution in [2.75, 3.05) is 6.61 Å². The van der Waals surface area contributed by atoms with Crippen molar-refractivity contribution in [1.82, 2.24) is 10.2 Å². The number of benzene rings is 2. The molecule has 2 aromatic rings. The van der Waals surface area contributed by atoms with Gasteiger partial charge in [0.15, 0.2) is 6.61 Å². The van der Waals surface area contributed by atoms with Crippen LogP contribution in [0.15, 0.2) is 48.5 Å². The number of amides is 2. The third kappa shape index (κ3) is 6.61. The SMILES string of the molecule is CCc1ccc(OCC(=O)N(Cc2ccccc2C)[C@H](C)C(=O)N[C@H](C)CC)cc1. The van der Waals surface area contributed by atoms with Gasteiger partial charge in [0, 0.05) is 12.6 Å². The van der Waals surface area contributed by atoms with E-state index in [0.717, 1.165) is 24.0 Å². The molecular formula is C25H34N2O3. The summed E-state index contributed by atoms with van der Waals surface area (Å²) in [7, 11) is 0. The summed E-state index contributed by atoms with van der Waals surface area (Å²) in [6, 6.07) is 15.1. The van der Waals surface area contributed by atoms with Crippen molar-refractivity contribution < 1.29 is 14.3 Å². The van der Waals surface area contributed by atoms with Crippen LogP contribution in [-0.2, 0) is 22.6 Å². The molecule has 0 aliphatic carbocycles. The van der Waals surface area contributed by atoms with Gasteiger partial charge in [0.2, 0.25) is 5.91 Å². The van der Waals surface area contributed by atoms with Gasteiger partial charge in [-0.3, -0.25) is 9.59 Å². The molecule has 162 valence electrons. The highest BCUT2D eigenvalue weighted by Crippen LogP contribution is 2.16. The van der Waals surface area contributed by atoms with E-state index >= 15 is 0 Å². The van der Waals surface area contributed by atoms with Crippen LogP contribution in [0.1, 0.15) is 50.8 Å².